The molecule has 1 amide bonds. The van der Waals surface area contributed by atoms with Crippen molar-refractivity contribution in [3.63, 3.8) is 0 Å². The molecule has 0 bridgehead atoms. The summed E-state index contributed by atoms with van der Waals surface area (Å²) in [7, 11) is 0. The number of hydrogen-bond donors (Lipinski definition) is 0. The van der Waals surface area contributed by atoms with Gasteiger partial charge in [-0.3, -0.25) is 4.79 Å². The zero-order valence-corrected chi connectivity index (χ0v) is 14.0. The molecule has 2 aromatic rings. The molecule has 0 saturated carbocycles. The Kier molecular flexibility index (Phi) is 4.90. The second kappa shape index (κ2) is 6.96. The molecule has 0 radical (unpaired) electrons. The van der Waals surface area contributed by atoms with Gasteiger partial charge >= 0.3 is 6.18 Å². The third kappa shape index (κ3) is 3.74. The SMILES string of the molecule is O=C(c1ccccc1Cl)N1CCN(c2ccccc2C(F)(F)F)CC1. The van der Waals surface area contributed by atoms with E-state index in [1.807, 2.05) is 0 Å². The summed E-state index contributed by atoms with van der Waals surface area (Å²) >= 11 is 6.05. The number of hydrogen-bond acceptors (Lipinski definition) is 2. The van der Waals surface area contributed by atoms with Crippen LogP contribution in [0.4, 0.5) is 18.9 Å². The van der Waals surface area contributed by atoms with Crippen molar-refractivity contribution in [3.8, 4) is 0 Å². The van der Waals surface area contributed by atoms with Crippen molar-refractivity contribution in [2.45, 2.75) is 6.18 Å². The van der Waals surface area contributed by atoms with Crippen molar-refractivity contribution >= 4 is 23.2 Å². The Morgan fingerprint density at radius 2 is 1.52 bits per heavy atom. The van der Waals surface area contributed by atoms with E-state index >= 15 is 0 Å². The molecule has 2 aromatic carbocycles. The van der Waals surface area contributed by atoms with Crippen LogP contribution in [0.1, 0.15) is 15.9 Å². The third-order valence-corrected chi connectivity index (χ3v) is 4.55. The van der Waals surface area contributed by atoms with Gasteiger partial charge in [-0.15, -0.1) is 0 Å². The normalized spacial score (nSPS) is 15.4. The van der Waals surface area contributed by atoms with Gasteiger partial charge in [0.1, 0.15) is 0 Å². The highest BCUT2D eigenvalue weighted by Gasteiger charge is 2.35. The Balaban J connectivity index is 1.73. The summed E-state index contributed by atoms with van der Waals surface area (Å²) in [6, 6.07) is 12.3. The maximum atomic E-state index is 13.2. The number of piperazine rings is 1. The molecule has 0 aliphatic carbocycles. The molecule has 132 valence electrons. The lowest BCUT2D eigenvalue weighted by atomic mass is 10.1. The highest BCUT2D eigenvalue weighted by Crippen LogP contribution is 2.36. The number of benzene rings is 2. The van der Waals surface area contributed by atoms with E-state index in [0.29, 0.717) is 36.8 Å². The molecule has 1 heterocycles. The van der Waals surface area contributed by atoms with Crippen molar-refractivity contribution in [1.29, 1.82) is 0 Å². The first kappa shape index (κ1) is 17.6. The predicted molar refractivity (Wildman–Crippen MR) is 91.0 cm³/mol. The third-order valence-electron chi connectivity index (χ3n) is 4.22. The second-order valence-electron chi connectivity index (χ2n) is 5.77. The zero-order chi connectivity index (χ0) is 18.0. The van der Waals surface area contributed by atoms with Gasteiger partial charge in [-0.1, -0.05) is 35.9 Å². The number of halogens is 4. The van der Waals surface area contributed by atoms with Crippen LogP contribution in [0, 0.1) is 0 Å². The van der Waals surface area contributed by atoms with Crippen molar-refractivity contribution in [2.24, 2.45) is 0 Å². The van der Waals surface area contributed by atoms with E-state index in [4.69, 9.17) is 11.6 Å². The van der Waals surface area contributed by atoms with E-state index in [1.165, 1.54) is 12.1 Å². The molecule has 0 unspecified atom stereocenters. The molecule has 25 heavy (non-hydrogen) atoms. The van der Waals surface area contributed by atoms with Crippen molar-refractivity contribution in [2.75, 3.05) is 31.1 Å². The highest BCUT2D eigenvalue weighted by atomic mass is 35.5. The van der Waals surface area contributed by atoms with Gasteiger partial charge in [0.2, 0.25) is 0 Å². The van der Waals surface area contributed by atoms with Crippen molar-refractivity contribution in [3.05, 3.63) is 64.7 Å². The summed E-state index contributed by atoms with van der Waals surface area (Å²) in [5.74, 6) is -0.200. The Labute approximate surface area is 148 Å². The van der Waals surface area contributed by atoms with Crippen LogP contribution < -0.4 is 4.90 Å². The fourth-order valence-electron chi connectivity index (χ4n) is 2.94. The molecule has 1 saturated heterocycles. The first-order valence-corrected chi connectivity index (χ1v) is 8.20. The Morgan fingerprint density at radius 1 is 0.920 bits per heavy atom. The fraction of sp³-hybridized carbons (Fsp3) is 0.278. The molecule has 3 nitrogen and oxygen atoms in total. The van der Waals surface area contributed by atoms with E-state index in [9.17, 15) is 18.0 Å². The lowest BCUT2D eigenvalue weighted by molar-refractivity contribution is -0.137. The Hall–Kier alpha value is -2.21. The van der Waals surface area contributed by atoms with Crippen LogP contribution in [0.15, 0.2) is 48.5 Å². The van der Waals surface area contributed by atoms with Gasteiger partial charge in [0, 0.05) is 31.9 Å². The van der Waals surface area contributed by atoms with E-state index in [-0.39, 0.29) is 11.6 Å². The maximum Gasteiger partial charge on any atom is 0.418 e. The van der Waals surface area contributed by atoms with Gasteiger partial charge in [0.05, 0.1) is 16.1 Å². The summed E-state index contributed by atoms with van der Waals surface area (Å²) in [6.07, 6.45) is -4.40. The van der Waals surface area contributed by atoms with Gasteiger partial charge in [-0.2, -0.15) is 13.2 Å². The van der Waals surface area contributed by atoms with Crippen LogP contribution in [0.3, 0.4) is 0 Å². The minimum absolute atomic E-state index is 0.153. The van der Waals surface area contributed by atoms with Crippen LogP contribution >= 0.6 is 11.6 Å². The average Bonchev–Trinajstić information content (AvgIpc) is 2.61. The number of amides is 1. The molecule has 0 aromatic heterocycles. The molecular formula is C18H16ClF3N2O. The molecule has 1 aliphatic heterocycles. The van der Waals surface area contributed by atoms with E-state index < -0.39 is 11.7 Å². The molecule has 1 fully saturated rings. The Morgan fingerprint density at radius 3 is 2.16 bits per heavy atom. The average molecular weight is 369 g/mol. The number of rotatable bonds is 2. The molecule has 7 heteroatoms. The Bertz CT molecular complexity index is 771. The smallest absolute Gasteiger partial charge is 0.367 e. The number of carbonyl (C=O) groups excluding carboxylic acids is 1. The number of nitrogens with zero attached hydrogens (tertiary/aromatic N) is 2. The summed E-state index contributed by atoms with van der Waals surface area (Å²) in [5.41, 5.74) is -0.0889. The molecule has 0 spiro atoms. The number of alkyl halides is 3. The van der Waals surface area contributed by atoms with Gasteiger partial charge in [0.25, 0.3) is 5.91 Å². The quantitative estimate of drug-likeness (QED) is 0.788. The largest absolute Gasteiger partial charge is 0.418 e. The van der Waals surface area contributed by atoms with Crippen LogP contribution in [0.5, 0.6) is 0 Å². The maximum absolute atomic E-state index is 13.2. The number of carbonyl (C=O) groups is 1. The summed E-state index contributed by atoms with van der Waals surface area (Å²) < 4.78 is 39.5. The predicted octanol–water partition coefficient (Wildman–Crippen LogP) is 4.32. The number of para-hydroxylation sites is 1. The summed E-state index contributed by atoms with van der Waals surface area (Å²) in [6.45, 7) is 1.36. The zero-order valence-electron chi connectivity index (χ0n) is 13.3. The minimum atomic E-state index is -4.40. The van der Waals surface area contributed by atoms with Gasteiger partial charge in [0.15, 0.2) is 0 Å². The van der Waals surface area contributed by atoms with Gasteiger partial charge in [-0.25, -0.2) is 0 Å². The summed E-state index contributed by atoms with van der Waals surface area (Å²) in [4.78, 5) is 15.8. The molecular weight excluding hydrogens is 353 g/mol. The molecule has 0 atom stereocenters. The number of anilines is 1. The lowest BCUT2D eigenvalue weighted by Gasteiger charge is -2.37. The highest BCUT2D eigenvalue weighted by molar-refractivity contribution is 6.33. The first-order chi connectivity index (χ1) is 11.9. The van der Waals surface area contributed by atoms with Crippen molar-refractivity contribution < 1.29 is 18.0 Å². The van der Waals surface area contributed by atoms with Crippen LogP contribution in [-0.4, -0.2) is 37.0 Å². The van der Waals surface area contributed by atoms with E-state index in [1.54, 1.807) is 40.1 Å². The lowest BCUT2D eigenvalue weighted by Crippen LogP contribution is -2.49. The van der Waals surface area contributed by atoms with Gasteiger partial charge in [-0.05, 0) is 24.3 Å². The monoisotopic (exact) mass is 368 g/mol. The molecule has 3 rings (SSSR count). The van der Waals surface area contributed by atoms with E-state index in [0.717, 1.165) is 6.07 Å². The molecule has 0 N–H and O–H groups in total. The second-order valence-corrected chi connectivity index (χ2v) is 6.18. The fourth-order valence-corrected chi connectivity index (χ4v) is 3.16. The van der Waals surface area contributed by atoms with Gasteiger partial charge < -0.3 is 9.80 Å². The first-order valence-electron chi connectivity index (χ1n) is 7.83. The standard InChI is InChI=1S/C18H16ClF3N2O/c19-15-7-3-1-5-13(15)17(25)24-11-9-23(10-12-24)16-8-4-2-6-14(16)18(20,21)22/h1-8H,9-12H2. The van der Waals surface area contributed by atoms with Crippen LogP contribution in [0.25, 0.3) is 0 Å². The summed E-state index contributed by atoms with van der Waals surface area (Å²) in [5, 5.41) is 0.373. The topological polar surface area (TPSA) is 23.6 Å². The van der Waals surface area contributed by atoms with Crippen LogP contribution in [-0.2, 0) is 6.18 Å². The minimum Gasteiger partial charge on any atom is -0.367 e. The van der Waals surface area contributed by atoms with Crippen molar-refractivity contribution in [1.82, 2.24) is 4.90 Å². The van der Waals surface area contributed by atoms with E-state index in [2.05, 4.69) is 0 Å². The molecule has 1 aliphatic rings. The van der Waals surface area contributed by atoms with Crippen LogP contribution in [0.2, 0.25) is 5.02 Å².